The number of nitrogens with two attached hydrogens (primary N) is 1. The van der Waals surface area contributed by atoms with Crippen LogP contribution in [0.2, 0.25) is 0 Å². The smallest absolute Gasteiger partial charge is 0.241 e. The summed E-state index contributed by atoms with van der Waals surface area (Å²) in [4.78, 5) is 12.1. The summed E-state index contributed by atoms with van der Waals surface area (Å²) in [5.74, 6) is -0.0995. The lowest BCUT2D eigenvalue weighted by molar-refractivity contribution is -0.122. The molecule has 0 saturated heterocycles. The van der Waals surface area contributed by atoms with Crippen molar-refractivity contribution in [1.29, 1.82) is 0 Å². The summed E-state index contributed by atoms with van der Waals surface area (Å²) in [6.45, 7) is 3.47. The van der Waals surface area contributed by atoms with Crippen molar-refractivity contribution < 1.29 is 9.53 Å². The van der Waals surface area contributed by atoms with Crippen molar-refractivity contribution in [2.24, 2.45) is 11.1 Å². The van der Waals surface area contributed by atoms with E-state index in [0.717, 1.165) is 37.0 Å². The molecule has 1 aromatic rings. The first-order valence-electron chi connectivity index (χ1n) is 7.15. The first-order chi connectivity index (χ1) is 9.56. The number of aryl methyl sites for hydroxylation is 1. The molecule has 0 aliphatic heterocycles. The van der Waals surface area contributed by atoms with Crippen LogP contribution in [0, 0.1) is 12.3 Å². The second-order valence-corrected chi connectivity index (χ2v) is 5.85. The van der Waals surface area contributed by atoms with Gasteiger partial charge in [0.25, 0.3) is 0 Å². The molecule has 3 N–H and O–H groups in total. The highest BCUT2D eigenvalue weighted by Crippen LogP contribution is 2.48. The lowest BCUT2D eigenvalue weighted by Gasteiger charge is -2.18. The summed E-state index contributed by atoms with van der Waals surface area (Å²) in [5, 5.41) is 2.99. The minimum absolute atomic E-state index is 0.0995. The van der Waals surface area contributed by atoms with Gasteiger partial charge in [-0.05, 0) is 37.2 Å². The van der Waals surface area contributed by atoms with E-state index in [1.165, 1.54) is 0 Å². The summed E-state index contributed by atoms with van der Waals surface area (Å²) < 4.78 is 5.12. The Morgan fingerprint density at radius 1 is 1.40 bits per heavy atom. The second kappa shape index (κ2) is 6.37. The molecule has 1 atom stereocenters. The molecule has 110 valence electrons. The number of hydrogen-bond donors (Lipinski definition) is 2. The van der Waals surface area contributed by atoms with Gasteiger partial charge in [-0.3, -0.25) is 4.79 Å². The van der Waals surface area contributed by atoms with Gasteiger partial charge in [-0.1, -0.05) is 29.8 Å². The Bertz CT molecular complexity index is 452. The van der Waals surface area contributed by atoms with Gasteiger partial charge >= 0.3 is 0 Å². The van der Waals surface area contributed by atoms with Gasteiger partial charge in [0.2, 0.25) is 5.91 Å². The summed E-state index contributed by atoms with van der Waals surface area (Å²) in [7, 11) is 1.71. The molecular weight excluding hydrogens is 252 g/mol. The van der Waals surface area contributed by atoms with Crippen molar-refractivity contribution in [1.82, 2.24) is 5.32 Å². The van der Waals surface area contributed by atoms with E-state index in [4.69, 9.17) is 10.5 Å². The number of ether oxygens (including phenoxy) is 1. The first kappa shape index (κ1) is 15.0. The van der Waals surface area contributed by atoms with Crippen LogP contribution >= 0.6 is 0 Å². The standard InChI is InChI=1S/C16H24N2O2/c1-12-3-5-13(6-4-12)14(17)15(19)18-11-16(7-8-16)9-10-20-2/h3-6,14H,7-11,17H2,1-2H3,(H,18,19). The van der Waals surface area contributed by atoms with Gasteiger partial charge in [0.15, 0.2) is 0 Å². The first-order valence-corrected chi connectivity index (χ1v) is 7.15. The largest absolute Gasteiger partial charge is 0.385 e. The van der Waals surface area contributed by atoms with Crippen LogP contribution in [-0.2, 0) is 9.53 Å². The molecule has 2 rings (SSSR count). The molecule has 20 heavy (non-hydrogen) atoms. The summed E-state index contributed by atoms with van der Waals surface area (Å²) in [6.07, 6.45) is 3.33. The van der Waals surface area contributed by atoms with Gasteiger partial charge in [0, 0.05) is 20.3 Å². The highest BCUT2D eigenvalue weighted by atomic mass is 16.5. The maximum Gasteiger partial charge on any atom is 0.241 e. The lowest BCUT2D eigenvalue weighted by atomic mass is 10.0. The van der Waals surface area contributed by atoms with Gasteiger partial charge in [-0.2, -0.15) is 0 Å². The number of benzene rings is 1. The van der Waals surface area contributed by atoms with Crippen LogP contribution in [0.1, 0.15) is 36.4 Å². The van der Waals surface area contributed by atoms with E-state index in [1.807, 2.05) is 31.2 Å². The number of amides is 1. The van der Waals surface area contributed by atoms with E-state index < -0.39 is 6.04 Å². The third-order valence-corrected chi connectivity index (χ3v) is 4.15. The third kappa shape index (κ3) is 3.81. The minimum Gasteiger partial charge on any atom is -0.385 e. The molecule has 1 aliphatic carbocycles. The molecule has 1 aromatic carbocycles. The van der Waals surface area contributed by atoms with Crippen molar-refractivity contribution in [3.8, 4) is 0 Å². The van der Waals surface area contributed by atoms with E-state index in [2.05, 4.69) is 5.32 Å². The monoisotopic (exact) mass is 276 g/mol. The van der Waals surface area contributed by atoms with E-state index in [1.54, 1.807) is 7.11 Å². The molecule has 0 spiro atoms. The van der Waals surface area contributed by atoms with E-state index in [-0.39, 0.29) is 11.3 Å². The zero-order valence-electron chi connectivity index (χ0n) is 12.3. The molecule has 4 heteroatoms. The van der Waals surface area contributed by atoms with Gasteiger partial charge in [0.05, 0.1) is 0 Å². The Balaban J connectivity index is 1.84. The minimum atomic E-state index is -0.589. The molecule has 0 radical (unpaired) electrons. The topological polar surface area (TPSA) is 64.3 Å². The quantitative estimate of drug-likeness (QED) is 0.800. The van der Waals surface area contributed by atoms with Crippen LogP contribution in [0.3, 0.4) is 0 Å². The maximum atomic E-state index is 12.1. The molecule has 0 aromatic heterocycles. The van der Waals surface area contributed by atoms with Crippen molar-refractivity contribution >= 4 is 5.91 Å². The zero-order valence-corrected chi connectivity index (χ0v) is 12.3. The molecule has 1 saturated carbocycles. The summed E-state index contributed by atoms with van der Waals surface area (Å²) in [5.41, 5.74) is 8.27. The fraction of sp³-hybridized carbons (Fsp3) is 0.562. The Kier molecular flexibility index (Phi) is 4.78. The summed E-state index contributed by atoms with van der Waals surface area (Å²) in [6, 6.07) is 7.19. The molecule has 4 nitrogen and oxygen atoms in total. The van der Waals surface area contributed by atoms with Crippen molar-refractivity contribution in [2.45, 2.75) is 32.2 Å². The molecule has 0 heterocycles. The number of nitrogens with one attached hydrogen (secondary N) is 1. The van der Waals surface area contributed by atoms with E-state index in [9.17, 15) is 4.79 Å². The van der Waals surface area contributed by atoms with Gasteiger partial charge in [-0.15, -0.1) is 0 Å². The SMILES string of the molecule is COCCC1(CNC(=O)C(N)c2ccc(C)cc2)CC1. The Labute approximate surface area is 120 Å². The molecule has 0 bridgehead atoms. The van der Waals surface area contributed by atoms with E-state index >= 15 is 0 Å². The summed E-state index contributed by atoms with van der Waals surface area (Å²) >= 11 is 0. The normalized spacial score (nSPS) is 17.6. The number of methoxy groups -OCH3 is 1. The Hall–Kier alpha value is -1.39. The average molecular weight is 276 g/mol. The molecule has 1 unspecified atom stereocenters. The van der Waals surface area contributed by atoms with E-state index in [0.29, 0.717) is 6.54 Å². The predicted molar refractivity (Wildman–Crippen MR) is 79.3 cm³/mol. The van der Waals surface area contributed by atoms with Gasteiger partial charge in [0.1, 0.15) is 6.04 Å². The van der Waals surface area contributed by atoms with Crippen molar-refractivity contribution in [2.75, 3.05) is 20.3 Å². The van der Waals surface area contributed by atoms with Crippen LogP contribution in [0.5, 0.6) is 0 Å². The van der Waals surface area contributed by atoms with Crippen LogP contribution in [0.25, 0.3) is 0 Å². The van der Waals surface area contributed by atoms with Crippen LogP contribution in [0.4, 0.5) is 0 Å². The highest BCUT2D eigenvalue weighted by molar-refractivity contribution is 5.83. The number of hydrogen-bond acceptors (Lipinski definition) is 3. The van der Waals surface area contributed by atoms with Crippen LogP contribution in [0.15, 0.2) is 24.3 Å². The second-order valence-electron chi connectivity index (χ2n) is 5.85. The molecule has 1 amide bonds. The van der Waals surface area contributed by atoms with Crippen molar-refractivity contribution in [3.63, 3.8) is 0 Å². The fourth-order valence-corrected chi connectivity index (χ4v) is 2.32. The molecule has 1 aliphatic rings. The Morgan fingerprint density at radius 2 is 2.05 bits per heavy atom. The Morgan fingerprint density at radius 3 is 2.60 bits per heavy atom. The number of carbonyl (C=O) groups is 1. The van der Waals surface area contributed by atoms with Crippen molar-refractivity contribution in [3.05, 3.63) is 35.4 Å². The average Bonchev–Trinajstić information content (AvgIpc) is 3.23. The van der Waals surface area contributed by atoms with Crippen LogP contribution in [-0.4, -0.2) is 26.2 Å². The number of carbonyl (C=O) groups excluding carboxylic acids is 1. The third-order valence-electron chi connectivity index (χ3n) is 4.15. The van der Waals surface area contributed by atoms with Gasteiger partial charge in [-0.25, -0.2) is 0 Å². The van der Waals surface area contributed by atoms with Crippen LogP contribution < -0.4 is 11.1 Å². The molecular formula is C16H24N2O2. The predicted octanol–water partition coefficient (Wildman–Crippen LogP) is 1.93. The maximum absolute atomic E-state index is 12.1. The zero-order chi connectivity index (χ0) is 14.6. The fourth-order valence-electron chi connectivity index (χ4n) is 2.32. The molecule has 1 fully saturated rings. The lowest BCUT2D eigenvalue weighted by Crippen LogP contribution is -2.37. The highest BCUT2D eigenvalue weighted by Gasteiger charge is 2.42. The number of rotatable bonds is 7. The van der Waals surface area contributed by atoms with Gasteiger partial charge < -0.3 is 15.8 Å².